The Morgan fingerprint density at radius 3 is 2.18 bits per heavy atom. The molecule has 3 rings (SSSR count). The lowest BCUT2D eigenvalue weighted by Gasteiger charge is -2.09. The summed E-state index contributed by atoms with van der Waals surface area (Å²) in [6, 6.07) is 19.4. The minimum absolute atomic E-state index is 1.29. The molecule has 0 heterocycles. The van der Waals surface area contributed by atoms with Crippen LogP contribution in [-0.2, 0) is 0 Å². The predicted molar refractivity (Wildman–Crippen MR) is 80.0 cm³/mol. The van der Waals surface area contributed by atoms with Crippen LogP contribution in [0.1, 0.15) is 0 Å². The molecule has 0 bridgehead atoms. The molecule has 0 saturated carbocycles. The molecular formula is C15H13ClSi. The van der Waals surface area contributed by atoms with E-state index in [1.54, 1.807) is 0 Å². The Morgan fingerprint density at radius 1 is 0.824 bits per heavy atom. The summed E-state index contributed by atoms with van der Waals surface area (Å²) in [5.74, 6) is 0. The largest absolute Gasteiger partial charge is 0.169 e. The Kier molecular flexibility index (Phi) is 2.65. The average molecular weight is 257 g/mol. The van der Waals surface area contributed by atoms with E-state index in [0.29, 0.717) is 0 Å². The third-order valence-electron chi connectivity index (χ3n) is 3.21. The molecule has 0 aliphatic carbocycles. The van der Waals surface area contributed by atoms with Gasteiger partial charge in [-0.1, -0.05) is 49.0 Å². The van der Waals surface area contributed by atoms with E-state index in [0.717, 1.165) is 0 Å². The quantitative estimate of drug-likeness (QED) is 0.353. The summed E-state index contributed by atoms with van der Waals surface area (Å²) >= 11 is 6.37. The van der Waals surface area contributed by atoms with Crippen molar-refractivity contribution in [2.24, 2.45) is 0 Å². The monoisotopic (exact) mass is 256 g/mol. The number of hydrogen-bond acceptors (Lipinski definition) is 0. The number of fused-ring (bicyclic) bond motifs is 2. The van der Waals surface area contributed by atoms with Crippen molar-refractivity contribution in [1.82, 2.24) is 0 Å². The van der Waals surface area contributed by atoms with Crippen molar-refractivity contribution in [1.29, 1.82) is 0 Å². The Hall–Kier alpha value is -1.31. The lowest BCUT2D eigenvalue weighted by molar-refractivity contribution is 1.78. The molecule has 3 aromatic rings. The first kappa shape index (κ1) is 10.8. The Balaban J connectivity index is 2.43. The van der Waals surface area contributed by atoms with Gasteiger partial charge in [0.15, 0.2) is 8.11 Å². The molecule has 0 saturated heterocycles. The van der Waals surface area contributed by atoms with E-state index in [2.05, 4.69) is 61.1 Å². The highest BCUT2D eigenvalue weighted by molar-refractivity contribution is 7.14. The van der Waals surface area contributed by atoms with E-state index < -0.39 is 8.11 Å². The molecule has 0 N–H and O–H groups in total. The van der Waals surface area contributed by atoms with E-state index in [-0.39, 0.29) is 0 Å². The SMILES string of the molecule is C[SiH](Cl)c1cccc2cc3ccccc3cc12. The highest BCUT2D eigenvalue weighted by atomic mass is 35.6. The predicted octanol–water partition coefficient (Wildman–Crippen LogP) is 3.79. The fraction of sp³-hybridized carbons (Fsp3) is 0.0667. The molecule has 0 fully saturated rings. The van der Waals surface area contributed by atoms with E-state index in [9.17, 15) is 0 Å². The Morgan fingerprint density at radius 2 is 1.47 bits per heavy atom. The smallest absolute Gasteiger partial charge is 0.166 e. The van der Waals surface area contributed by atoms with E-state index in [1.807, 2.05) is 0 Å². The number of hydrogen-bond donors (Lipinski definition) is 0. The third kappa shape index (κ3) is 1.86. The molecule has 1 atom stereocenters. The zero-order chi connectivity index (χ0) is 11.8. The van der Waals surface area contributed by atoms with Crippen molar-refractivity contribution >= 4 is 45.9 Å². The first-order valence-corrected chi connectivity index (χ1v) is 9.29. The minimum atomic E-state index is -1.29. The van der Waals surface area contributed by atoms with Gasteiger partial charge in [0.2, 0.25) is 0 Å². The van der Waals surface area contributed by atoms with Crippen LogP contribution in [0, 0.1) is 0 Å². The van der Waals surface area contributed by atoms with Crippen LogP contribution >= 0.6 is 11.1 Å². The van der Waals surface area contributed by atoms with Crippen LogP contribution in [-0.4, -0.2) is 8.11 Å². The van der Waals surface area contributed by atoms with Crippen molar-refractivity contribution in [3.05, 3.63) is 54.6 Å². The molecule has 0 spiro atoms. The van der Waals surface area contributed by atoms with Gasteiger partial charge in [-0.05, 0) is 38.9 Å². The maximum Gasteiger partial charge on any atom is 0.169 e. The van der Waals surface area contributed by atoms with Gasteiger partial charge in [-0.2, -0.15) is 11.1 Å². The Bertz CT molecular complexity index is 689. The van der Waals surface area contributed by atoms with Gasteiger partial charge in [-0.3, -0.25) is 0 Å². The Labute approximate surface area is 107 Å². The summed E-state index contributed by atoms with van der Waals surface area (Å²) in [6.07, 6.45) is 0. The molecule has 17 heavy (non-hydrogen) atoms. The molecule has 0 amide bonds. The van der Waals surface area contributed by atoms with Crippen LogP contribution in [0.3, 0.4) is 0 Å². The van der Waals surface area contributed by atoms with Crippen molar-refractivity contribution in [2.75, 3.05) is 0 Å². The maximum atomic E-state index is 6.37. The molecule has 2 heteroatoms. The second kappa shape index (κ2) is 4.17. The number of benzene rings is 3. The molecule has 1 unspecified atom stereocenters. The van der Waals surface area contributed by atoms with Gasteiger partial charge in [0.1, 0.15) is 0 Å². The van der Waals surface area contributed by atoms with Gasteiger partial charge in [0.05, 0.1) is 0 Å². The average Bonchev–Trinajstić information content (AvgIpc) is 2.35. The second-order valence-corrected chi connectivity index (χ2v) is 8.20. The van der Waals surface area contributed by atoms with Crippen molar-refractivity contribution in [3.63, 3.8) is 0 Å². The van der Waals surface area contributed by atoms with Crippen LogP contribution in [0.4, 0.5) is 0 Å². The van der Waals surface area contributed by atoms with Gasteiger partial charge >= 0.3 is 0 Å². The summed E-state index contributed by atoms with van der Waals surface area (Å²) in [4.78, 5) is 0. The second-order valence-electron chi connectivity index (χ2n) is 4.38. The van der Waals surface area contributed by atoms with Gasteiger partial charge in [0, 0.05) is 0 Å². The molecule has 0 aliphatic rings. The van der Waals surface area contributed by atoms with Crippen molar-refractivity contribution in [3.8, 4) is 0 Å². The van der Waals surface area contributed by atoms with Crippen molar-refractivity contribution in [2.45, 2.75) is 6.55 Å². The zero-order valence-electron chi connectivity index (χ0n) is 9.65. The molecule has 0 aliphatic heterocycles. The normalized spacial score (nSPS) is 13.1. The highest BCUT2D eigenvalue weighted by Crippen LogP contribution is 2.22. The van der Waals surface area contributed by atoms with Crippen LogP contribution in [0.15, 0.2) is 54.6 Å². The van der Waals surface area contributed by atoms with Gasteiger partial charge in [-0.15, -0.1) is 0 Å². The topological polar surface area (TPSA) is 0 Å². The first-order chi connectivity index (χ1) is 8.25. The summed E-state index contributed by atoms with van der Waals surface area (Å²) < 4.78 is 0. The maximum absolute atomic E-state index is 6.37. The fourth-order valence-electron chi connectivity index (χ4n) is 2.34. The van der Waals surface area contributed by atoms with Crippen LogP contribution in [0.2, 0.25) is 6.55 Å². The van der Waals surface area contributed by atoms with Crippen LogP contribution < -0.4 is 5.19 Å². The summed E-state index contributed by atoms with van der Waals surface area (Å²) in [7, 11) is -1.29. The molecule has 0 radical (unpaired) electrons. The van der Waals surface area contributed by atoms with Gasteiger partial charge in [-0.25, -0.2) is 0 Å². The number of halogens is 1. The standard InChI is InChI=1S/C15H13ClSi/c1-17(16)15-8-4-7-13-9-11-5-2-3-6-12(11)10-14(13)15/h2-10,17H,1H3. The summed E-state index contributed by atoms with van der Waals surface area (Å²) in [5, 5.41) is 6.54. The van der Waals surface area contributed by atoms with E-state index in [1.165, 1.54) is 26.7 Å². The first-order valence-electron chi connectivity index (χ1n) is 5.81. The molecule has 3 aromatic carbocycles. The van der Waals surface area contributed by atoms with E-state index >= 15 is 0 Å². The van der Waals surface area contributed by atoms with Crippen LogP contribution in [0.25, 0.3) is 21.5 Å². The van der Waals surface area contributed by atoms with E-state index in [4.69, 9.17) is 11.1 Å². The molecule has 0 nitrogen and oxygen atoms in total. The van der Waals surface area contributed by atoms with Crippen molar-refractivity contribution < 1.29 is 0 Å². The highest BCUT2D eigenvalue weighted by Gasteiger charge is 2.08. The third-order valence-corrected chi connectivity index (χ3v) is 5.27. The summed E-state index contributed by atoms with van der Waals surface area (Å²) in [5.41, 5.74) is 0. The lowest BCUT2D eigenvalue weighted by atomic mass is 10.0. The molecular weight excluding hydrogens is 244 g/mol. The summed E-state index contributed by atoms with van der Waals surface area (Å²) in [6.45, 7) is 2.16. The molecule has 84 valence electrons. The number of rotatable bonds is 1. The zero-order valence-corrected chi connectivity index (χ0v) is 11.6. The van der Waals surface area contributed by atoms with Crippen LogP contribution in [0.5, 0.6) is 0 Å². The molecule has 0 aromatic heterocycles. The lowest BCUT2D eigenvalue weighted by Crippen LogP contribution is -2.20. The fourth-order valence-corrected chi connectivity index (χ4v) is 3.96. The van der Waals surface area contributed by atoms with Gasteiger partial charge < -0.3 is 0 Å². The van der Waals surface area contributed by atoms with Gasteiger partial charge in [0.25, 0.3) is 0 Å². The minimum Gasteiger partial charge on any atom is -0.166 e.